The number of hydrogen-bond acceptors (Lipinski definition) is 0. The molecule has 3 rings (SSSR count). The van der Waals surface area contributed by atoms with Crippen molar-refractivity contribution in [2.75, 3.05) is 0 Å². The zero-order chi connectivity index (χ0) is 16.2. The standard InChI is InChI=1S/C20H30.C2H6/c1-15-7-4-5-8-17(15)11-12-18-9-6-14-20(3)16(2)10-13-19(18)20;1-2/h11-12,16,19H,1,4-10,13-14H2,2-3H3;1-2H3/b17-11-,18-12+;. The maximum atomic E-state index is 4.25. The first-order valence-corrected chi connectivity index (χ1v) is 9.69. The van der Waals surface area contributed by atoms with Crippen molar-refractivity contribution in [1.29, 1.82) is 0 Å². The van der Waals surface area contributed by atoms with Crippen LogP contribution in [0.1, 0.15) is 85.5 Å². The fourth-order valence-electron chi connectivity index (χ4n) is 4.90. The Morgan fingerprint density at radius 3 is 2.45 bits per heavy atom. The van der Waals surface area contributed by atoms with Gasteiger partial charge >= 0.3 is 0 Å². The third kappa shape index (κ3) is 3.42. The summed E-state index contributed by atoms with van der Waals surface area (Å²) in [6, 6.07) is 0. The molecule has 0 aliphatic heterocycles. The molecule has 0 radical (unpaired) electrons. The predicted molar refractivity (Wildman–Crippen MR) is 99.0 cm³/mol. The van der Waals surface area contributed by atoms with Crippen LogP contribution in [0.2, 0.25) is 0 Å². The highest BCUT2D eigenvalue weighted by Crippen LogP contribution is 2.57. The SMILES string of the molecule is C=C1CCCC/C1=C/C=C1\CCCC2(C)C(C)CCC12.CC. The highest BCUT2D eigenvalue weighted by atomic mass is 14.5. The van der Waals surface area contributed by atoms with Crippen molar-refractivity contribution < 1.29 is 0 Å². The van der Waals surface area contributed by atoms with E-state index in [1.165, 1.54) is 68.9 Å². The van der Waals surface area contributed by atoms with Crippen molar-refractivity contribution in [1.82, 2.24) is 0 Å². The molecule has 3 aliphatic carbocycles. The monoisotopic (exact) mass is 300 g/mol. The van der Waals surface area contributed by atoms with E-state index in [0.717, 1.165) is 11.8 Å². The molecule has 124 valence electrons. The van der Waals surface area contributed by atoms with Gasteiger partial charge in [-0.25, -0.2) is 0 Å². The Bertz CT molecular complexity index is 451. The summed E-state index contributed by atoms with van der Waals surface area (Å²) in [5.41, 5.74) is 5.26. The van der Waals surface area contributed by atoms with Gasteiger partial charge in [0, 0.05) is 0 Å². The molecule has 3 saturated carbocycles. The van der Waals surface area contributed by atoms with Crippen molar-refractivity contribution in [3.8, 4) is 0 Å². The number of allylic oxidation sites excluding steroid dienone is 5. The quantitative estimate of drug-likeness (QED) is 0.479. The van der Waals surface area contributed by atoms with Crippen molar-refractivity contribution in [3.05, 3.63) is 35.5 Å². The van der Waals surface area contributed by atoms with Crippen molar-refractivity contribution >= 4 is 0 Å². The maximum Gasteiger partial charge on any atom is -0.0143 e. The van der Waals surface area contributed by atoms with Gasteiger partial charge in [-0.15, -0.1) is 0 Å². The highest BCUT2D eigenvalue weighted by Gasteiger charge is 2.46. The van der Waals surface area contributed by atoms with Crippen molar-refractivity contribution in [2.24, 2.45) is 17.3 Å². The highest BCUT2D eigenvalue weighted by molar-refractivity contribution is 5.35. The molecule has 0 heterocycles. The van der Waals surface area contributed by atoms with Gasteiger partial charge in [-0.1, -0.05) is 57.6 Å². The number of rotatable bonds is 1. The zero-order valence-corrected chi connectivity index (χ0v) is 15.4. The van der Waals surface area contributed by atoms with Crippen LogP contribution in [0.25, 0.3) is 0 Å². The van der Waals surface area contributed by atoms with E-state index < -0.39 is 0 Å². The van der Waals surface area contributed by atoms with Gasteiger partial charge < -0.3 is 0 Å². The Balaban J connectivity index is 0.000000847. The topological polar surface area (TPSA) is 0 Å². The molecule has 0 aromatic heterocycles. The second kappa shape index (κ2) is 7.66. The molecule has 0 heteroatoms. The molecule has 3 atom stereocenters. The van der Waals surface area contributed by atoms with Crippen LogP contribution in [-0.4, -0.2) is 0 Å². The second-order valence-electron chi connectivity index (χ2n) is 7.63. The third-order valence-electron chi connectivity index (χ3n) is 6.57. The average molecular weight is 301 g/mol. The summed E-state index contributed by atoms with van der Waals surface area (Å²) in [7, 11) is 0. The first kappa shape index (κ1) is 17.6. The van der Waals surface area contributed by atoms with Gasteiger partial charge in [-0.2, -0.15) is 0 Å². The van der Waals surface area contributed by atoms with Gasteiger partial charge in [-0.05, 0) is 80.6 Å². The molecule has 0 nitrogen and oxygen atoms in total. The summed E-state index contributed by atoms with van der Waals surface area (Å²) in [5.74, 6) is 1.77. The van der Waals surface area contributed by atoms with E-state index in [2.05, 4.69) is 32.6 Å². The Hall–Kier alpha value is -0.780. The molecule has 3 aliphatic rings. The lowest BCUT2D eigenvalue weighted by molar-refractivity contribution is 0.147. The second-order valence-corrected chi connectivity index (χ2v) is 7.63. The Kier molecular flexibility index (Phi) is 6.12. The van der Waals surface area contributed by atoms with Crippen LogP contribution in [0.15, 0.2) is 35.5 Å². The summed E-state index contributed by atoms with van der Waals surface area (Å²) in [6.45, 7) is 13.3. The minimum absolute atomic E-state index is 0.589. The smallest absolute Gasteiger partial charge is 0.0143 e. The summed E-state index contributed by atoms with van der Waals surface area (Å²) in [4.78, 5) is 0. The third-order valence-corrected chi connectivity index (χ3v) is 6.57. The molecule has 3 unspecified atom stereocenters. The predicted octanol–water partition coefficient (Wildman–Crippen LogP) is 7.23. The first-order valence-electron chi connectivity index (χ1n) is 9.69. The van der Waals surface area contributed by atoms with E-state index in [1.54, 1.807) is 5.57 Å². The molecule has 0 spiro atoms. The fraction of sp³-hybridized carbons (Fsp3) is 0.727. The molecule has 0 saturated heterocycles. The van der Waals surface area contributed by atoms with E-state index in [0.29, 0.717) is 5.41 Å². The van der Waals surface area contributed by atoms with Gasteiger partial charge in [0.25, 0.3) is 0 Å². The van der Waals surface area contributed by atoms with Gasteiger partial charge in [-0.3, -0.25) is 0 Å². The summed E-state index contributed by atoms with van der Waals surface area (Å²) < 4.78 is 0. The van der Waals surface area contributed by atoms with Crippen LogP contribution < -0.4 is 0 Å². The molecule has 0 amide bonds. The van der Waals surface area contributed by atoms with Crippen LogP contribution in [0, 0.1) is 17.3 Å². The van der Waals surface area contributed by atoms with E-state index in [1.807, 2.05) is 13.8 Å². The zero-order valence-electron chi connectivity index (χ0n) is 15.4. The van der Waals surface area contributed by atoms with Crippen LogP contribution in [0.5, 0.6) is 0 Å². The summed E-state index contributed by atoms with van der Waals surface area (Å²) in [5, 5.41) is 0. The van der Waals surface area contributed by atoms with Gasteiger partial charge in [0.05, 0.1) is 0 Å². The summed E-state index contributed by atoms with van der Waals surface area (Å²) >= 11 is 0. The lowest BCUT2D eigenvalue weighted by Crippen LogP contribution is -2.31. The largest absolute Gasteiger partial charge is 0.0956 e. The average Bonchev–Trinajstić information content (AvgIpc) is 2.84. The van der Waals surface area contributed by atoms with Crippen LogP contribution in [0.3, 0.4) is 0 Å². The minimum Gasteiger partial charge on any atom is -0.0956 e. The molecule has 22 heavy (non-hydrogen) atoms. The van der Waals surface area contributed by atoms with Crippen molar-refractivity contribution in [2.45, 2.75) is 85.5 Å². The van der Waals surface area contributed by atoms with E-state index >= 15 is 0 Å². The van der Waals surface area contributed by atoms with Crippen LogP contribution >= 0.6 is 0 Å². The van der Waals surface area contributed by atoms with Gasteiger partial charge in [0.2, 0.25) is 0 Å². The molecule has 0 aromatic rings. The molecule has 0 aromatic carbocycles. The van der Waals surface area contributed by atoms with E-state index in [9.17, 15) is 0 Å². The Labute approximate surface area is 138 Å². The van der Waals surface area contributed by atoms with Crippen LogP contribution in [0.4, 0.5) is 0 Å². The normalized spacial score (nSPS) is 38.6. The molecular weight excluding hydrogens is 264 g/mol. The molecule has 3 fully saturated rings. The number of fused-ring (bicyclic) bond motifs is 1. The molecule has 0 bridgehead atoms. The van der Waals surface area contributed by atoms with E-state index in [4.69, 9.17) is 0 Å². The van der Waals surface area contributed by atoms with E-state index in [-0.39, 0.29) is 0 Å². The lowest BCUT2D eigenvalue weighted by Gasteiger charge is -2.41. The van der Waals surface area contributed by atoms with Gasteiger partial charge in [0.1, 0.15) is 0 Å². The Morgan fingerprint density at radius 1 is 1.00 bits per heavy atom. The first-order chi connectivity index (χ1) is 10.6. The van der Waals surface area contributed by atoms with Gasteiger partial charge in [0.15, 0.2) is 0 Å². The summed E-state index contributed by atoms with van der Waals surface area (Å²) in [6.07, 6.45) is 17.1. The van der Waals surface area contributed by atoms with Crippen LogP contribution in [-0.2, 0) is 0 Å². The minimum atomic E-state index is 0.589. The fourth-order valence-corrected chi connectivity index (χ4v) is 4.90. The Morgan fingerprint density at radius 2 is 1.73 bits per heavy atom. The number of hydrogen-bond donors (Lipinski definition) is 0. The molecule has 0 N–H and O–H groups in total. The lowest BCUT2D eigenvalue weighted by atomic mass is 9.64. The van der Waals surface area contributed by atoms with Crippen molar-refractivity contribution in [3.63, 3.8) is 0 Å². The molecular formula is C22H36. The maximum absolute atomic E-state index is 4.25.